The summed E-state index contributed by atoms with van der Waals surface area (Å²) in [6.07, 6.45) is 4.75. The van der Waals surface area contributed by atoms with Crippen molar-refractivity contribution in [3.05, 3.63) is 75.9 Å². The summed E-state index contributed by atoms with van der Waals surface area (Å²) in [5, 5.41) is 6.41. The zero-order valence-corrected chi connectivity index (χ0v) is 20.1. The predicted octanol–water partition coefficient (Wildman–Crippen LogP) is 5.65. The molecule has 1 atom stereocenters. The third kappa shape index (κ3) is 4.23. The van der Waals surface area contributed by atoms with Gasteiger partial charge < -0.3 is 5.32 Å². The molecule has 1 amide bonds. The van der Waals surface area contributed by atoms with Gasteiger partial charge in [-0.05, 0) is 42.2 Å². The molecule has 1 unspecified atom stereocenters. The van der Waals surface area contributed by atoms with Crippen LogP contribution in [0.3, 0.4) is 0 Å². The largest absolute Gasteiger partial charge is 0.325 e. The van der Waals surface area contributed by atoms with Gasteiger partial charge in [-0.25, -0.2) is 4.98 Å². The van der Waals surface area contributed by atoms with Crippen molar-refractivity contribution < 1.29 is 4.79 Å². The van der Waals surface area contributed by atoms with Crippen LogP contribution in [0.1, 0.15) is 23.8 Å². The normalized spacial score (nSPS) is 15.5. The average molecular weight is 476 g/mol. The Bertz CT molecular complexity index is 1430. The molecule has 2 heterocycles. The number of benzene rings is 2. The Balaban J connectivity index is 1.42. The van der Waals surface area contributed by atoms with Crippen LogP contribution in [0.25, 0.3) is 21.0 Å². The van der Waals surface area contributed by atoms with Crippen LogP contribution in [-0.2, 0) is 24.2 Å². The smallest absolute Gasteiger partial charge is 0.263 e. The van der Waals surface area contributed by atoms with Gasteiger partial charge in [0, 0.05) is 22.5 Å². The molecule has 0 bridgehead atoms. The number of carbonyl (C=O) groups is 1. The number of fused-ring (bicyclic) bond motifs is 4. The SMILES string of the molecule is C=CCn1c(SCC(=O)Nc2cccc3ccccc23)nc2sc3c(c2c1=O)CCC(C)C3. The lowest BCUT2D eigenvalue weighted by molar-refractivity contribution is -0.113. The molecule has 2 aromatic heterocycles. The van der Waals surface area contributed by atoms with Crippen molar-refractivity contribution in [2.45, 2.75) is 37.9 Å². The van der Waals surface area contributed by atoms with Crippen LogP contribution in [0.5, 0.6) is 0 Å². The fraction of sp³-hybridized carbons (Fsp3) is 0.269. The molecule has 33 heavy (non-hydrogen) atoms. The van der Waals surface area contributed by atoms with Crippen LogP contribution in [-0.4, -0.2) is 21.2 Å². The van der Waals surface area contributed by atoms with Crippen molar-refractivity contribution >= 4 is 55.7 Å². The average Bonchev–Trinajstić information content (AvgIpc) is 3.17. The highest BCUT2D eigenvalue weighted by Crippen LogP contribution is 2.36. The van der Waals surface area contributed by atoms with E-state index in [1.807, 2.05) is 42.5 Å². The van der Waals surface area contributed by atoms with E-state index in [1.54, 1.807) is 22.0 Å². The number of rotatable bonds is 6. The van der Waals surface area contributed by atoms with Crippen LogP contribution >= 0.6 is 23.1 Å². The molecule has 5 rings (SSSR count). The first-order valence-corrected chi connectivity index (χ1v) is 12.9. The number of aromatic nitrogens is 2. The summed E-state index contributed by atoms with van der Waals surface area (Å²) in [6.45, 7) is 6.44. The molecule has 1 aliphatic rings. The number of aryl methyl sites for hydroxylation is 1. The van der Waals surface area contributed by atoms with Crippen LogP contribution in [0.2, 0.25) is 0 Å². The number of nitrogens with one attached hydrogen (secondary N) is 1. The number of carbonyl (C=O) groups excluding carboxylic acids is 1. The molecule has 168 valence electrons. The Kier molecular flexibility index (Phi) is 6.08. The standard InChI is InChI=1S/C26H25N3O2S2/c1-3-13-29-25(31)23-19-12-11-16(2)14-21(19)33-24(23)28-26(29)32-15-22(30)27-20-10-6-8-17-7-4-5-9-18(17)20/h3-10,16H,1,11-15H2,2H3,(H,27,30). The highest BCUT2D eigenvalue weighted by Gasteiger charge is 2.24. The van der Waals surface area contributed by atoms with Gasteiger partial charge in [-0.3, -0.25) is 14.2 Å². The summed E-state index contributed by atoms with van der Waals surface area (Å²) in [5.74, 6) is 0.670. The minimum atomic E-state index is -0.129. The molecular formula is C26H25N3O2S2. The Labute approximate surface area is 200 Å². The Morgan fingerprint density at radius 3 is 2.97 bits per heavy atom. The maximum atomic E-state index is 13.4. The number of hydrogen-bond acceptors (Lipinski definition) is 5. The second kappa shape index (κ2) is 9.15. The molecule has 0 radical (unpaired) electrons. The van der Waals surface area contributed by atoms with E-state index in [9.17, 15) is 9.59 Å². The zero-order chi connectivity index (χ0) is 22.9. The Morgan fingerprint density at radius 1 is 1.30 bits per heavy atom. The molecule has 5 nitrogen and oxygen atoms in total. The molecule has 2 aromatic carbocycles. The van der Waals surface area contributed by atoms with Gasteiger partial charge in [-0.15, -0.1) is 17.9 Å². The highest BCUT2D eigenvalue weighted by molar-refractivity contribution is 7.99. The molecule has 1 aliphatic carbocycles. The second-order valence-corrected chi connectivity index (χ2v) is 10.5. The number of allylic oxidation sites excluding steroid dienone is 1. The number of nitrogens with zero attached hydrogens (tertiary/aromatic N) is 2. The number of thiophene rings is 1. The summed E-state index contributed by atoms with van der Waals surface area (Å²) >= 11 is 2.93. The monoisotopic (exact) mass is 475 g/mol. The van der Waals surface area contributed by atoms with E-state index in [4.69, 9.17) is 4.98 Å². The second-order valence-electron chi connectivity index (χ2n) is 8.49. The van der Waals surface area contributed by atoms with Gasteiger partial charge in [-0.2, -0.15) is 0 Å². The minimum Gasteiger partial charge on any atom is -0.325 e. The van der Waals surface area contributed by atoms with E-state index < -0.39 is 0 Å². The lowest BCUT2D eigenvalue weighted by Crippen LogP contribution is -2.24. The van der Waals surface area contributed by atoms with E-state index >= 15 is 0 Å². The quantitative estimate of drug-likeness (QED) is 0.222. The number of hydrogen-bond donors (Lipinski definition) is 1. The van der Waals surface area contributed by atoms with E-state index in [0.717, 1.165) is 45.9 Å². The molecule has 0 spiro atoms. The van der Waals surface area contributed by atoms with Crippen molar-refractivity contribution in [3.8, 4) is 0 Å². The molecule has 0 fully saturated rings. The Morgan fingerprint density at radius 2 is 2.12 bits per heavy atom. The van der Waals surface area contributed by atoms with Gasteiger partial charge in [0.1, 0.15) is 4.83 Å². The summed E-state index contributed by atoms with van der Waals surface area (Å²) in [7, 11) is 0. The molecule has 0 saturated heterocycles. The topological polar surface area (TPSA) is 64.0 Å². The van der Waals surface area contributed by atoms with Crippen LogP contribution in [0.4, 0.5) is 5.69 Å². The summed E-state index contributed by atoms with van der Waals surface area (Å²) in [5.41, 5.74) is 1.93. The third-order valence-corrected chi connectivity index (χ3v) is 8.21. The lowest BCUT2D eigenvalue weighted by atomic mass is 9.89. The molecule has 4 aromatic rings. The van der Waals surface area contributed by atoms with Gasteiger partial charge in [0.25, 0.3) is 5.56 Å². The predicted molar refractivity (Wildman–Crippen MR) is 139 cm³/mol. The number of anilines is 1. The van der Waals surface area contributed by atoms with Gasteiger partial charge in [-0.1, -0.05) is 61.2 Å². The first-order valence-electron chi connectivity index (χ1n) is 11.1. The van der Waals surface area contributed by atoms with Crippen molar-refractivity contribution in [2.24, 2.45) is 5.92 Å². The molecular weight excluding hydrogens is 450 g/mol. The minimum absolute atomic E-state index is 0.0242. The summed E-state index contributed by atoms with van der Waals surface area (Å²) < 4.78 is 1.65. The van der Waals surface area contributed by atoms with E-state index in [-0.39, 0.29) is 17.2 Å². The summed E-state index contributed by atoms with van der Waals surface area (Å²) in [6, 6.07) is 13.8. The molecule has 0 saturated carbocycles. The van der Waals surface area contributed by atoms with Gasteiger partial charge >= 0.3 is 0 Å². The maximum Gasteiger partial charge on any atom is 0.263 e. The van der Waals surface area contributed by atoms with E-state index in [2.05, 4.69) is 18.8 Å². The van der Waals surface area contributed by atoms with Crippen molar-refractivity contribution in [1.29, 1.82) is 0 Å². The Hall–Kier alpha value is -2.90. The van der Waals surface area contributed by atoms with Crippen molar-refractivity contribution in [1.82, 2.24) is 9.55 Å². The molecule has 0 aliphatic heterocycles. The number of amides is 1. The van der Waals surface area contributed by atoms with Crippen molar-refractivity contribution in [3.63, 3.8) is 0 Å². The highest BCUT2D eigenvalue weighted by atomic mass is 32.2. The zero-order valence-electron chi connectivity index (χ0n) is 18.5. The molecule has 1 N–H and O–H groups in total. The van der Waals surface area contributed by atoms with Gasteiger partial charge in [0.15, 0.2) is 5.16 Å². The lowest BCUT2D eigenvalue weighted by Gasteiger charge is -2.17. The first-order chi connectivity index (χ1) is 16.0. The van der Waals surface area contributed by atoms with Gasteiger partial charge in [0.05, 0.1) is 11.1 Å². The van der Waals surface area contributed by atoms with E-state index in [1.165, 1.54) is 22.2 Å². The third-order valence-electron chi connectivity index (χ3n) is 6.09. The maximum absolute atomic E-state index is 13.4. The van der Waals surface area contributed by atoms with Crippen LogP contribution in [0.15, 0.2) is 65.1 Å². The number of thioether (sulfide) groups is 1. The first kappa shape index (κ1) is 21.9. The van der Waals surface area contributed by atoms with Gasteiger partial charge in [0.2, 0.25) is 5.91 Å². The fourth-order valence-corrected chi connectivity index (χ4v) is 6.69. The summed E-state index contributed by atoms with van der Waals surface area (Å²) in [4.78, 5) is 33.1. The van der Waals surface area contributed by atoms with Crippen LogP contribution < -0.4 is 10.9 Å². The fourth-order valence-electron chi connectivity index (χ4n) is 4.46. The van der Waals surface area contributed by atoms with Crippen molar-refractivity contribution in [2.75, 3.05) is 11.1 Å². The molecule has 7 heteroatoms. The van der Waals surface area contributed by atoms with Crippen LogP contribution in [0, 0.1) is 5.92 Å². The van der Waals surface area contributed by atoms with E-state index in [0.29, 0.717) is 17.6 Å².